The van der Waals surface area contributed by atoms with Gasteiger partial charge in [0, 0.05) is 28.5 Å². The molecule has 0 radical (unpaired) electrons. The summed E-state index contributed by atoms with van der Waals surface area (Å²) in [6, 6.07) is 9.15. The smallest absolute Gasteiger partial charge is 0.356 e. The number of rotatable bonds is 5. The molecule has 1 aromatic carbocycles. The van der Waals surface area contributed by atoms with Crippen LogP contribution in [0.5, 0.6) is 0 Å². The molecule has 0 aliphatic carbocycles. The maximum Gasteiger partial charge on any atom is 0.356 e. The second kappa shape index (κ2) is 6.80. The van der Waals surface area contributed by atoms with E-state index in [2.05, 4.69) is 21.9 Å². The highest BCUT2D eigenvalue weighted by Gasteiger charge is 2.12. The molecule has 0 aliphatic rings. The summed E-state index contributed by atoms with van der Waals surface area (Å²) in [5.41, 5.74) is 1.65. The molecule has 3 rings (SSSR count). The Bertz CT molecular complexity index is 892. The van der Waals surface area contributed by atoms with Crippen molar-refractivity contribution in [2.75, 3.05) is 0 Å². The molecule has 0 saturated carbocycles. The first-order valence-corrected chi connectivity index (χ1v) is 7.86. The molecule has 1 N–H and O–H groups in total. The van der Waals surface area contributed by atoms with Crippen LogP contribution in [0, 0.1) is 0 Å². The Morgan fingerprint density at radius 3 is 2.79 bits per heavy atom. The molecule has 6 nitrogen and oxygen atoms in total. The normalized spacial score (nSPS) is 10.8. The second-order valence-corrected chi connectivity index (χ2v) is 5.71. The largest absolute Gasteiger partial charge is 0.476 e. The number of carboxylic acids is 1. The van der Waals surface area contributed by atoms with Crippen LogP contribution in [0.4, 0.5) is 0 Å². The van der Waals surface area contributed by atoms with Gasteiger partial charge in [-0.1, -0.05) is 37.1 Å². The average molecular weight is 343 g/mol. The van der Waals surface area contributed by atoms with E-state index in [-0.39, 0.29) is 5.69 Å². The van der Waals surface area contributed by atoms with Crippen LogP contribution in [-0.4, -0.2) is 30.6 Å². The first-order chi connectivity index (χ1) is 11.6. The molecule has 24 heavy (non-hydrogen) atoms. The molecular weight excluding hydrogens is 328 g/mol. The van der Waals surface area contributed by atoms with Crippen molar-refractivity contribution in [1.82, 2.24) is 19.5 Å². The first kappa shape index (κ1) is 16.1. The van der Waals surface area contributed by atoms with Gasteiger partial charge in [0.25, 0.3) is 0 Å². The Balaban J connectivity index is 2.10. The average Bonchev–Trinajstić information content (AvgIpc) is 3.05. The van der Waals surface area contributed by atoms with Crippen molar-refractivity contribution in [3.05, 3.63) is 59.3 Å². The van der Waals surface area contributed by atoms with Gasteiger partial charge in [-0.05, 0) is 18.6 Å². The molecule has 0 atom stereocenters. The van der Waals surface area contributed by atoms with E-state index in [1.165, 1.54) is 12.5 Å². The van der Waals surface area contributed by atoms with Crippen LogP contribution in [-0.2, 0) is 6.42 Å². The van der Waals surface area contributed by atoms with E-state index >= 15 is 0 Å². The van der Waals surface area contributed by atoms with E-state index in [9.17, 15) is 4.79 Å². The van der Waals surface area contributed by atoms with E-state index in [4.69, 9.17) is 16.7 Å². The number of hydrogen-bond donors (Lipinski definition) is 1. The Morgan fingerprint density at radius 2 is 2.12 bits per heavy atom. The number of aryl methyl sites for hydroxylation is 1. The van der Waals surface area contributed by atoms with Gasteiger partial charge in [-0.25, -0.2) is 19.7 Å². The van der Waals surface area contributed by atoms with Crippen molar-refractivity contribution >= 4 is 17.6 Å². The molecule has 7 heteroatoms. The van der Waals surface area contributed by atoms with E-state index in [1.54, 1.807) is 16.7 Å². The molecule has 3 aromatic rings. The Kier molecular flexibility index (Phi) is 4.57. The summed E-state index contributed by atoms with van der Waals surface area (Å²) in [4.78, 5) is 24.0. The highest BCUT2D eigenvalue weighted by Crippen LogP contribution is 2.21. The van der Waals surface area contributed by atoms with Gasteiger partial charge in [0.05, 0.1) is 0 Å². The van der Waals surface area contributed by atoms with Gasteiger partial charge < -0.3 is 5.11 Å². The zero-order valence-electron chi connectivity index (χ0n) is 13.0. The summed E-state index contributed by atoms with van der Waals surface area (Å²) in [5, 5.41) is 9.63. The fraction of sp³-hybridized carbons (Fsp3) is 0.176. The molecule has 0 saturated heterocycles. The van der Waals surface area contributed by atoms with Crippen LogP contribution >= 0.6 is 11.6 Å². The van der Waals surface area contributed by atoms with Crippen molar-refractivity contribution in [1.29, 1.82) is 0 Å². The van der Waals surface area contributed by atoms with E-state index in [0.717, 1.165) is 24.1 Å². The lowest BCUT2D eigenvalue weighted by Gasteiger charge is -2.08. The topological polar surface area (TPSA) is 80.9 Å². The summed E-state index contributed by atoms with van der Waals surface area (Å²) in [7, 11) is 0. The van der Waals surface area contributed by atoms with Gasteiger partial charge in [-0.3, -0.25) is 4.57 Å². The van der Waals surface area contributed by atoms with Crippen LogP contribution in [0.3, 0.4) is 0 Å². The highest BCUT2D eigenvalue weighted by molar-refractivity contribution is 6.30. The van der Waals surface area contributed by atoms with Crippen molar-refractivity contribution < 1.29 is 9.90 Å². The summed E-state index contributed by atoms with van der Waals surface area (Å²) < 4.78 is 1.58. The number of benzene rings is 1. The standard InChI is InChI=1S/C17H15ClN4O2/c1-2-4-13-8-15(22-9-14(17(23)24)19-10-22)21-16(20-13)11-5-3-6-12(18)7-11/h3,5-10H,2,4H2,1H3,(H,23,24). The maximum absolute atomic E-state index is 11.0. The summed E-state index contributed by atoms with van der Waals surface area (Å²) in [6.45, 7) is 2.07. The molecule has 2 aromatic heterocycles. The predicted octanol–water partition coefficient (Wildman–Crippen LogP) is 3.63. The van der Waals surface area contributed by atoms with Gasteiger partial charge >= 0.3 is 5.97 Å². The number of hydrogen-bond acceptors (Lipinski definition) is 4. The quantitative estimate of drug-likeness (QED) is 0.765. The zero-order chi connectivity index (χ0) is 17.1. The lowest BCUT2D eigenvalue weighted by molar-refractivity contribution is 0.0691. The van der Waals surface area contributed by atoms with Crippen LogP contribution in [0.2, 0.25) is 5.02 Å². The highest BCUT2D eigenvalue weighted by atomic mass is 35.5. The van der Waals surface area contributed by atoms with E-state index in [1.807, 2.05) is 18.2 Å². The molecule has 122 valence electrons. The van der Waals surface area contributed by atoms with Crippen LogP contribution in [0.15, 0.2) is 42.9 Å². The molecule has 0 bridgehead atoms. The summed E-state index contributed by atoms with van der Waals surface area (Å²) in [5.74, 6) is 0.0408. The number of aromatic nitrogens is 4. The molecule has 0 aliphatic heterocycles. The Hall–Kier alpha value is -2.73. The number of aromatic carboxylic acids is 1. The fourth-order valence-electron chi connectivity index (χ4n) is 2.31. The molecule has 0 fully saturated rings. The monoisotopic (exact) mass is 342 g/mol. The lowest BCUT2D eigenvalue weighted by atomic mass is 10.2. The second-order valence-electron chi connectivity index (χ2n) is 5.27. The van der Waals surface area contributed by atoms with Crippen LogP contribution < -0.4 is 0 Å². The number of nitrogens with zero attached hydrogens (tertiary/aromatic N) is 4. The number of carbonyl (C=O) groups is 1. The first-order valence-electron chi connectivity index (χ1n) is 7.48. The number of carboxylic acid groups (broad SMARTS) is 1. The van der Waals surface area contributed by atoms with Gasteiger partial charge in [0.1, 0.15) is 12.1 Å². The van der Waals surface area contributed by atoms with Crippen molar-refractivity contribution in [2.24, 2.45) is 0 Å². The molecule has 0 unspecified atom stereocenters. The van der Waals surface area contributed by atoms with Gasteiger partial charge in [-0.2, -0.15) is 0 Å². The number of imidazole rings is 1. The SMILES string of the molecule is CCCc1cc(-n2cnc(C(=O)O)c2)nc(-c2cccc(Cl)c2)n1. The van der Waals surface area contributed by atoms with Crippen molar-refractivity contribution in [3.8, 4) is 17.2 Å². The molecule has 0 amide bonds. The minimum Gasteiger partial charge on any atom is -0.476 e. The third kappa shape index (κ3) is 3.44. The maximum atomic E-state index is 11.0. The lowest BCUT2D eigenvalue weighted by Crippen LogP contribution is -2.03. The van der Waals surface area contributed by atoms with Crippen LogP contribution in [0.1, 0.15) is 29.5 Å². The molecule has 2 heterocycles. The van der Waals surface area contributed by atoms with Crippen molar-refractivity contribution in [3.63, 3.8) is 0 Å². The third-order valence-corrected chi connectivity index (χ3v) is 3.66. The summed E-state index contributed by atoms with van der Waals surface area (Å²) >= 11 is 6.05. The minimum absolute atomic E-state index is 0.0324. The van der Waals surface area contributed by atoms with E-state index < -0.39 is 5.97 Å². The zero-order valence-corrected chi connectivity index (χ0v) is 13.7. The Morgan fingerprint density at radius 1 is 1.29 bits per heavy atom. The van der Waals surface area contributed by atoms with Gasteiger partial charge in [0.15, 0.2) is 11.5 Å². The summed E-state index contributed by atoms with van der Waals surface area (Å²) in [6.07, 6.45) is 4.60. The Labute approximate surface area is 143 Å². The van der Waals surface area contributed by atoms with E-state index in [0.29, 0.717) is 16.7 Å². The minimum atomic E-state index is -1.08. The predicted molar refractivity (Wildman–Crippen MR) is 90.6 cm³/mol. The third-order valence-electron chi connectivity index (χ3n) is 3.42. The van der Waals surface area contributed by atoms with Gasteiger partial charge in [0.2, 0.25) is 0 Å². The van der Waals surface area contributed by atoms with Crippen molar-refractivity contribution in [2.45, 2.75) is 19.8 Å². The van der Waals surface area contributed by atoms with Crippen LogP contribution in [0.25, 0.3) is 17.2 Å². The molecular formula is C17H15ClN4O2. The van der Waals surface area contributed by atoms with Gasteiger partial charge in [-0.15, -0.1) is 0 Å². The molecule has 0 spiro atoms. The number of halogens is 1. The fourth-order valence-corrected chi connectivity index (χ4v) is 2.51.